The molecule has 0 atom stereocenters. The molecule has 27 heavy (non-hydrogen) atoms. The summed E-state index contributed by atoms with van der Waals surface area (Å²) in [5.41, 5.74) is 3.99. The fraction of sp³-hybridized carbons (Fsp3) is 0.476. The lowest BCUT2D eigenvalue weighted by atomic mass is 9.75. The van der Waals surface area contributed by atoms with E-state index >= 15 is 0 Å². The molecule has 0 unspecified atom stereocenters. The number of hydrogen-bond donors (Lipinski definition) is 0. The van der Waals surface area contributed by atoms with E-state index < -0.39 is 0 Å². The van der Waals surface area contributed by atoms with Crippen LogP contribution in [-0.4, -0.2) is 52.7 Å². The quantitative estimate of drug-likeness (QED) is 0.819. The van der Waals surface area contributed by atoms with Crippen molar-refractivity contribution < 1.29 is 14.3 Å². The molecule has 0 bridgehead atoms. The first kappa shape index (κ1) is 17.9. The van der Waals surface area contributed by atoms with Gasteiger partial charge in [-0.05, 0) is 43.0 Å². The lowest BCUT2D eigenvalue weighted by Crippen LogP contribution is -2.40. The lowest BCUT2D eigenvalue weighted by Gasteiger charge is -2.29. The topological polar surface area (TPSA) is 64.4 Å². The van der Waals surface area contributed by atoms with Gasteiger partial charge in [-0.15, -0.1) is 0 Å². The van der Waals surface area contributed by atoms with E-state index in [0.29, 0.717) is 38.3 Å². The second-order valence-electron chi connectivity index (χ2n) is 8.21. The predicted molar refractivity (Wildman–Crippen MR) is 101 cm³/mol. The molecule has 1 aliphatic heterocycles. The Morgan fingerprint density at radius 1 is 1.11 bits per heavy atom. The van der Waals surface area contributed by atoms with Crippen LogP contribution in [0.25, 0.3) is 5.69 Å². The lowest BCUT2D eigenvalue weighted by molar-refractivity contribution is 0.0303. The van der Waals surface area contributed by atoms with Crippen LogP contribution < -0.4 is 0 Å². The molecular formula is C21H25N3O3. The van der Waals surface area contributed by atoms with E-state index in [1.807, 2.05) is 40.8 Å². The Hall–Kier alpha value is -2.47. The summed E-state index contributed by atoms with van der Waals surface area (Å²) >= 11 is 0. The first-order chi connectivity index (χ1) is 12.9. The van der Waals surface area contributed by atoms with Crippen molar-refractivity contribution in [2.24, 2.45) is 5.41 Å². The van der Waals surface area contributed by atoms with E-state index in [4.69, 9.17) is 4.74 Å². The summed E-state index contributed by atoms with van der Waals surface area (Å²) in [5.74, 6) is 0.198. The summed E-state index contributed by atoms with van der Waals surface area (Å²) in [5, 5.41) is 4.63. The van der Waals surface area contributed by atoms with Gasteiger partial charge in [0.1, 0.15) is 0 Å². The van der Waals surface area contributed by atoms with Crippen LogP contribution in [0.5, 0.6) is 0 Å². The summed E-state index contributed by atoms with van der Waals surface area (Å²) in [6, 6.07) is 7.50. The molecule has 1 amide bonds. The molecule has 1 aromatic carbocycles. The molecule has 0 N–H and O–H groups in total. The van der Waals surface area contributed by atoms with Crippen molar-refractivity contribution in [3.63, 3.8) is 0 Å². The zero-order valence-corrected chi connectivity index (χ0v) is 16.1. The van der Waals surface area contributed by atoms with Gasteiger partial charge in [0, 0.05) is 25.1 Å². The third-order valence-electron chi connectivity index (χ3n) is 5.38. The van der Waals surface area contributed by atoms with Gasteiger partial charge in [-0.25, -0.2) is 4.68 Å². The van der Waals surface area contributed by atoms with Crippen molar-refractivity contribution >= 4 is 11.7 Å². The molecule has 1 saturated heterocycles. The van der Waals surface area contributed by atoms with Crippen LogP contribution in [0.2, 0.25) is 0 Å². The number of ketones is 1. The Labute approximate surface area is 159 Å². The van der Waals surface area contributed by atoms with Crippen molar-refractivity contribution in [2.45, 2.75) is 33.6 Å². The van der Waals surface area contributed by atoms with Crippen LogP contribution >= 0.6 is 0 Å². The third-order valence-corrected chi connectivity index (χ3v) is 5.38. The minimum absolute atomic E-state index is 0.0276. The molecule has 6 heteroatoms. The molecular weight excluding hydrogens is 342 g/mol. The van der Waals surface area contributed by atoms with Gasteiger partial charge in [0.2, 0.25) is 0 Å². The number of fused-ring (bicyclic) bond motifs is 1. The number of carbonyl (C=O) groups is 2. The molecule has 2 aromatic rings. The number of hydrogen-bond acceptors (Lipinski definition) is 4. The minimum atomic E-state index is -0.0689. The molecule has 6 nitrogen and oxygen atoms in total. The standard InChI is InChI=1S/C21H25N3O3/c1-14-19-17(12-21(2,3)13-18(19)25)24(22-14)16-6-4-15(5-7-16)20(26)23-8-10-27-11-9-23/h4-7H,8-13H2,1-3H3. The van der Waals surface area contributed by atoms with Crippen molar-refractivity contribution in [3.05, 3.63) is 46.8 Å². The van der Waals surface area contributed by atoms with Gasteiger partial charge in [-0.2, -0.15) is 5.10 Å². The average Bonchev–Trinajstić information content (AvgIpc) is 2.97. The summed E-state index contributed by atoms with van der Waals surface area (Å²) < 4.78 is 7.18. The van der Waals surface area contributed by atoms with Gasteiger partial charge < -0.3 is 9.64 Å². The normalized spacial score (nSPS) is 19.1. The Morgan fingerprint density at radius 2 is 1.78 bits per heavy atom. The zero-order valence-electron chi connectivity index (χ0n) is 16.1. The molecule has 2 heterocycles. The maximum absolute atomic E-state index is 12.6. The van der Waals surface area contributed by atoms with Crippen LogP contribution in [0.15, 0.2) is 24.3 Å². The number of rotatable bonds is 2. The smallest absolute Gasteiger partial charge is 0.254 e. The van der Waals surface area contributed by atoms with E-state index in [1.54, 1.807) is 0 Å². The van der Waals surface area contributed by atoms with Gasteiger partial charge in [-0.3, -0.25) is 9.59 Å². The number of aromatic nitrogens is 2. The maximum atomic E-state index is 12.6. The molecule has 0 spiro atoms. The van der Waals surface area contributed by atoms with Crippen molar-refractivity contribution in [3.8, 4) is 5.69 Å². The van der Waals surface area contributed by atoms with Gasteiger partial charge in [0.15, 0.2) is 5.78 Å². The number of aryl methyl sites for hydroxylation is 1. The van der Waals surface area contributed by atoms with Gasteiger partial charge in [0.25, 0.3) is 5.91 Å². The van der Waals surface area contributed by atoms with Gasteiger partial charge in [0.05, 0.1) is 35.9 Å². The number of nitrogens with zero attached hydrogens (tertiary/aromatic N) is 3. The van der Waals surface area contributed by atoms with Gasteiger partial charge in [-0.1, -0.05) is 13.8 Å². The second kappa shape index (κ2) is 6.60. The maximum Gasteiger partial charge on any atom is 0.254 e. The van der Waals surface area contributed by atoms with Crippen LogP contribution in [0.1, 0.15) is 52.4 Å². The summed E-state index contributed by atoms with van der Waals surface area (Å²) in [6.07, 6.45) is 1.36. The van der Waals surface area contributed by atoms with Crippen LogP contribution in [-0.2, 0) is 11.2 Å². The molecule has 1 fully saturated rings. The molecule has 1 aromatic heterocycles. The molecule has 2 aliphatic rings. The summed E-state index contributed by atoms with van der Waals surface area (Å²) in [6.45, 7) is 8.56. The van der Waals surface area contributed by atoms with E-state index in [1.165, 1.54) is 0 Å². The monoisotopic (exact) mass is 367 g/mol. The molecule has 142 valence electrons. The van der Waals surface area contributed by atoms with E-state index in [-0.39, 0.29) is 17.1 Å². The molecule has 1 aliphatic carbocycles. The van der Waals surface area contributed by atoms with E-state index in [2.05, 4.69) is 18.9 Å². The Bertz CT molecular complexity index is 890. The number of Topliss-reactive ketones (excluding diaryl/α,β-unsaturated/α-hetero) is 1. The number of amides is 1. The zero-order chi connectivity index (χ0) is 19.2. The number of carbonyl (C=O) groups excluding carboxylic acids is 2. The number of morpholine rings is 1. The Kier molecular flexibility index (Phi) is 4.38. The minimum Gasteiger partial charge on any atom is -0.378 e. The van der Waals surface area contributed by atoms with Crippen LogP contribution in [0.4, 0.5) is 0 Å². The van der Waals surface area contributed by atoms with E-state index in [0.717, 1.165) is 29.1 Å². The Balaban J connectivity index is 1.64. The largest absolute Gasteiger partial charge is 0.378 e. The highest BCUT2D eigenvalue weighted by molar-refractivity contribution is 6.00. The Morgan fingerprint density at radius 3 is 2.44 bits per heavy atom. The molecule has 0 radical (unpaired) electrons. The SMILES string of the molecule is Cc1nn(-c2ccc(C(=O)N3CCOCC3)cc2)c2c1C(=O)CC(C)(C)C2. The fourth-order valence-corrected chi connectivity index (χ4v) is 4.05. The highest BCUT2D eigenvalue weighted by atomic mass is 16.5. The van der Waals surface area contributed by atoms with Crippen LogP contribution in [0.3, 0.4) is 0 Å². The first-order valence-electron chi connectivity index (χ1n) is 9.45. The van der Waals surface area contributed by atoms with Crippen LogP contribution in [0, 0.1) is 12.3 Å². The van der Waals surface area contributed by atoms with Crippen molar-refractivity contribution in [1.29, 1.82) is 0 Å². The van der Waals surface area contributed by atoms with Gasteiger partial charge >= 0.3 is 0 Å². The second-order valence-corrected chi connectivity index (χ2v) is 8.21. The van der Waals surface area contributed by atoms with Crippen molar-refractivity contribution in [1.82, 2.24) is 14.7 Å². The highest BCUT2D eigenvalue weighted by Gasteiger charge is 2.35. The van der Waals surface area contributed by atoms with Crippen molar-refractivity contribution in [2.75, 3.05) is 26.3 Å². The number of benzene rings is 1. The van der Waals surface area contributed by atoms with E-state index in [9.17, 15) is 9.59 Å². The highest BCUT2D eigenvalue weighted by Crippen LogP contribution is 2.36. The fourth-order valence-electron chi connectivity index (χ4n) is 4.05. The third kappa shape index (κ3) is 3.30. The predicted octanol–water partition coefficient (Wildman–Crippen LogP) is 2.81. The molecule has 0 saturated carbocycles. The summed E-state index contributed by atoms with van der Waals surface area (Å²) in [7, 11) is 0. The first-order valence-corrected chi connectivity index (χ1v) is 9.45. The molecule has 4 rings (SSSR count). The number of ether oxygens (including phenoxy) is 1. The summed E-state index contributed by atoms with van der Waals surface area (Å²) in [4.78, 5) is 27.0. The average molecular weight is 367 g/mol.